The number of carbonyl (C=O) groups excluding carboxylic acids is 1. The van der Waals surface area contributed by atoms with Crippen LogP contribution >= 0.6 is 22.9 Å². The number of rotatable bonds is 5. The van der Waals surface area contributed by atoms with Gasteiger partial charge in [0, 0.05) is 27.7 Å². The van der Waals surface area contributed by atoms with Gasteiger partial charge in [-0.15, -0.1) is 11.3 Å². The van der Waals surface area contributed by atoms with Crippen LogP contribution in [0.2, 0.25) is 5.02 Å². The van der Waals surface area contributed by atoms with Crippen LogP contribution in [0.25, 0.3) is 4.96 Å². The Hall–Kier alpha value is -3.16. The number of hydrogen-bond acceptors (Lipinski definition) is 5. The van der Waals surface area contributed by atoms with Gasteiger partial charge in [0.2, 0.25) is 0 Å². The van der Waals surface area contributed by atoms with Gasteiger partial charge < -0.3 is 10.1 Å². The fourth-order valence-electron chi connectivity index (χ4n) is 2.91. The van der Waals surface area contributed by atoms with Crippen LogP contribution in [0.15, 0.2) is 59.5 Å². The molecule has 0 aliphatic heterocycles. The van der Waals surface area contributed by atoms with Gasteiger partial charge in [-0.3, -0.25) is 14.0 Å². The van der Waals surface area contributed by atoms with E-state index >= 15 is 0 Å². The fraction of sp³-hybridized carbons (Fsp3) is 0.136. The summed E-state index contributed by atoms with van der Waals surface area (Å²) in [5.74, 6) is 0.165. The Morgan fingerprint density at radius 1 is 1.17 bits per heavy atom. The highest BCUT2D eigenvalue weighted by Gasteiger charge is 2.12. The number of benzene rings is 2. The molecule has 152 valence electrons. The third-order valence-electron chi connectivity index (χ3n) is 4.42. The number of fused-ring (bicyclic) bond motifs is 1. The second-order valence-corrected chi connectivity index (χ2v) is 8.48. The van der Waals surface area contributed by atoms with E-state index in [2.05, 4.69) is 10.3 Å². The molecule has 1 amide bonds. The van der Waals surface area contributed by atoms with Crippen LogP contribution in [-0.4, -0.2) is 15.3 Å². The van der Waals surface area contributed by atoms with E-state index < -0.39 is 0 Å². The zero-order valence-corrected chi connectivity index (χ0v) is 17.9. The summed E-state index contributed by atoms with van der Waals surface area (Å²) in [6.45, 7) is 3.96. The molecular weight excluding hydrogens is 422 g/mol. The Bertz CT molecular complexity index is 1300. The molecule has 4 aromatic rings. The van der Waals surface area contributed by atoms with E-state index in [9.17, 15) is 9.59 Å². The van der Waals surface area contributed by atoms with Crippen molar-refractivity contribution >= 4 is 39.5 Å². The Kier molecular flexibility index (Phi) is 5.57. The van der Waals surface area contributed by atoms with Crippen LogP contribution < -0.4 is 15.6 Å². The van der Waals surface area contributed by atoms with E-state index in [-0.39, 0.29) is 18.1 Å². The van der Waals surface area contributed by atoms with Crippen molar-refractivity contribution < 1.29 is 9.53 Å². The SMILES string of the molecule is Cc1ccc(C(=O)Nc2cc(Cl)ccc2OCc2cc(=O)n3cc(C)sc3n2)cc1. The minimum Gasteiger partial charge on any atom is -0.485 e. The molecule has 0 aliphatic rings. The van der Waals surface area contributed by atoms with Gasteiger partial charge >= 0.3 is 0 Å². The van der Waals surface area contributed by atoms with Gasteiger partial charge in [-0.1, -0.05) is 29.3 Å². The predicted octanol–water partition coefficient (Wildman–Crippen LogP) is 4.86. The fourth-order valence-corrected chi connectivity index (χ4v) is 3.93. The van der Waals surface area contributed by atoms with Gasteiger partial charge in [0.25, 0.3) is 11.5 Å². The van der Waals surface area contributed by atoms with Gasteiger partial charge in [-0.25, -0.2) is 4.98 Å². The maximum atomic E-state index is 12.6. The Morgan fingerprint density at radius 2 is 1.93 bits per heavy atom. The molecule has 0 radical (unpaired) electrons. The number of aromatic nitrogens is 2. The number of halogens is 1. The first kappa shape index (κ1) is 20.1. The van der Waals surface area contributed by atoms with Gasteiger partial charge in [0.15, 0.2) is 4.96 Å². The quantitative estimate of drug-likeness (QED) is 0.482. The lowest BCUT2D eigenvalue weighted by Crippen LogP contribution is -2.15. The highest BCUT2D eigenvalue weighted by Crippen LogP contribution is 2.29. The Labute approximate surface area is 181 Å². The normalized spacial score (nSPS) is 10.9. The molecule has 0 atom stereocenters. The van der Waals surface area contributed by atoms with Gasteiger partial charge in [0.1, 0.15) is 12.4 Å². The molecule has 0 fully saturated rings. The largest absolute Gasteiger partial charge is 0.485 e. The average Bonchev–Trinajstić information content (AvgIpc) is 3.09. The van der Waals surface area contributed by atoms with Crippen molar-refractivity contribution in [2.75, 3.05) is 5.32 Å². The van der Waals surface area contributed by atoms with Crippen molar-refractivity contribution in [2.24, 2.45) is 0 Å². The summed E-state index contributed by atoms with van der Waals surface area (Å²) < 4.78 is 7.38. The number of carbonyl (C=O) groups is 1. The number of amides is 1. The molecule has 2 aromatic heterocycles. The van der Waals surface area contributed by atoms with Gasteiger partial charge in [0.05, 0.1) is 11.4 Å². The maximum Gasteiger partial charge on any atom is 0.258 e. The maximum absolute atomic E-state index is 12.6. The predicted molar refractivity (Wildman–Crippen MR) is 119 cm³/mol. The zero-order chi connectivity index (χ0) is 21.3. The number of ether oxygens (including phenoxy) is 1. The van der Waals surface area contributed by atoms with Crippen LogP contribution in [0.1, 0.15) is 26.5 Å². The number of nitrogens with one attached hydrogen (secondary N) is 1. The van der Waals surface area contributed by atoms with Crippen molar-refractivity contribution in [3.63, 3.8) is 0 Å². The molecule has 0 saturated carbocycles. The Balaban J connectivity index is 1.55. The van der Waals surface area contributed by atoms with E-state index in [0.717, 1.165) is 10.4 Å². The van der Waals surface area contributed by atoms with Crippen LogP contribution in [-0.2, 0) is 6.61 Å². The summed E-state index contributed by atoms with van der Waals surface area (Å²) in [5, 5.41) is 3.30. The second-order valence-electron chi connectivity index (χ2n) is 6.83. The van der Waals surface area contributed by atoms with Crippen molar-refractivity contribution in [3.8, 4) is 5.75 Å². The molecule has 8 heteroatoms. The van der Waals surface area contributed by atoms with Crippen LogP contribution in [0.5, 0.6) is 5.75 Å². The van der Waals surface area contributed by atoms with E-state index in [0.29, 0.717) is 32.7 Å². The van der Waals surface area contributed by atoms with E-state index in [1.807, 2.05) is 26.0 Å². The lowest BCUT2D eigenvalue weighted by Gasteiger charge is -2.13. The molecule has 2 heterocycles. The standard InChI is InChI=1S/C22H18ClN3O3S/c1-13-3-5-15(6-4-13)21(28)25-18-9-16(23)7-8-19(18)29-12-17-10-20(27)26-11-14(2)30-22(26)24-17/h3-11H,12H2,1-2H3,(H,25,28). The van der Waals surface area contributed by atoms with Crippen LogP contribution in [0.4, 0.5) is 5.69 Å². The molecule has 0 saturated heterocycles. The average molecular weight is 440 g/mol. The van der Waals surface area contributed by atoms with Crippen molar-refractivity contribution in [3.05, 3.63) is 91.8 Å². The number of hydrogen-bond donors (Lipinski definition) is 1. The first-order valence-corrected chi connectivity index (χ1v) is 10.4. The van der Waals surface area contributed by atoms with E-state index in [1.54, 1.807) is 36.5 Å². The summed E-state index contributed by atoms with van der Waals surface area (Å²) in [6.07, 6.45) is 1.76. The highest BCUT2D eigenvalue weighted by atomic mass is 35.5. The lowest BCUT2D eigenvalue weighted by molar-refractivity contribution is 0.102. The molecule has 4 rings (SSSR count). The summed E-state index contributed by atoms with van der Waals surface area (Å²) >= 11 is 7.55. The molecule has 30 heavy (non-hydrogen) atoms. The van der Waals surface area contributed by atoms with Gasteiger partial charge in [-0.2, -0.15) is 0 Å². The van der Waals surface area contributed by atoms with Crippen molar-refractivity contribution in [1.82, 2.24) is 9.38 Å². The first-order valence-electron chi connectivity index (χ1n) is 9.18. The molecule has 2 aromatic carbocycles. The number of aryl methyl sites for hydroxylation is 2. The molecule has 0 unspecified atom stereocenters. The van der Waals surface area contributed by atoms with E-state index in [1.165, 1.54) is 21.8 Å². The molecule has 0 bridgehead atoms. The van der Waals surface area contributed by atoms with Crippen LogP contribution in [0, 0.1) is 13.8 Å². The molecule has 1 N–H and O–H groups in total. The second kappa shape index (κ2) is 8.30. The topological polar surface area (TPSA) is 72.7 Å². The monoisotopic (exact) mass is 439 g/mol. The first-order chi connectivity index (χ1) is 14.4. The van der Waals surface area contributed by atoms with Crippen LogP contribution in [0.3, 0.4) is 0 Å². The third-order valence-corrected chi connectivity index (χ3v) is 5.55. The number of anilines is 1. The van der Waals surface area contributed by atoms with E-state index in [4.69, 9.17) is 16.3 Å². The third kappa shape index (κ3) is 4.37. The zero-order valence-electron chi connectivity index (χ0n) is 16.3. The molecular formula is C22H18ClN3O3S. The summed E-state index contributed by atoms with van der Waals surface area (Å²) in [7, 11) is 0. The Morgan fingerprint density at radius 3 is 2.70 bits per heavy atom. The summed E-state index contributed by atoms with van der Waals surface area (Å²) in [4.78, 5) is 30.9. The summed E-state index contributed by atoms with van der Waals surface area (Å²) in [6, 6.07) is 13.7. The molecule has 0 spiro atoms. The lowest BCUT2D eigenvalue weighted by atomic mass is 10.1. The smallest absolute Gasteiger partial charge is 0.258 e. The minimum atomic E-state index is -0.269. The van der Waals surface area contributed by atoms with Crippen molar-refractivity contribution in [2.45, 2.75) is 20.5 Å². The van der Waals surface area contributed by atoms with Crippen molar-refractivity contribution in [1.29, 1.82) is 0 Å². The number of thiazole rings is 1. The molecule has 0 aliphatic carbocycles. The summed E-state index contributed by atoms with van der Waals surface area (Å²) in [5.41, 5.74) is 2.39. The molecule has 6 nitrogen and oxygen atoms in total. The highest BCUT2D eigenvalue weighted by molar-refractivity contribution is 7.16. The van der Waals surface area contributed by atoms with Gasteiger partial charge in [-0.05, 0) is 44.2 Å². The minimum absolute atomic E-state index is 0.0811. The number of nitrogens with zero attached hydrogens (tertiary/aromatic N) is 2.